The number of nitrogens with zero attached hydrogens (tertiary/aromatic N) is 3. The van der Waals surface area contributed by atoms with Gasteiger partial charge in [-0.1, -0.05) is 19.9 Å². The molecule has 1 aliphatic heterocycles. The number of amidine groups is 1. The van der Waals surface area contributed by atoms with Gasteiger partial charge in [-0.2, -0.15) is 5.10 Å². The maximum Gasteiger partial charge on any atom is 0.135 e. The number of hydrogen-bond acceptors (Lipinski definition) is 5. The summed E-state index contributed by atoms with van der Waals surface area (Å²) < 4.78 is 1.96. The van der Waals surface area contributed by atoms with E-state index in [1.807, 2.05) is 23.7 Å². The second kappa shape index (κ2) is 10.1. The zero-order valence-electron chi connectivity index (χ0n) is 20.7. The number of aliphatic imine (C=N–C) groups is 1. The summed E-state index contributed by atoms with van der Waals surface area (Å²) in [6.07, 6.45) is 13.1. The summed E-state index contributed by atoms with van der Waals surface area (Å²) in [4.78, 5) is 4.76. The van der Waals surface area contributed by atoms with E-state index in [2.05, 4.69) is 35.9 Å². The monoisotopic (exact) mass is 472 g/mol. The standard InChI is InChI=1S/C28H36N6O/c1-3-19-13-22(35)10-11-25(19)33-28(29)24-16-32-34-17-20(23-9-5-4-7-18(23)2)14-26(34)27(24)31-15-21-8-6-12-30-21/h9-11,13-14,16-18,21,30-31,35H,3-8,12,15H2,1-2H3,(H2,29,33)/t18?,21-/m1/s1. The minimum atomic E-state index is 0.237. The number of aromatic nitrogens is 2. The van der Waals surface area contributed by atoms with Crippen molar-refractivity contribution >= 4 is 28.3 Å². The van der Waals surface area contributed by atoms with Crippen LogP contribution in [-0.4, -0.2) is 39.7 Å². The topological polar surface area (TPSA) is 100.0 Å². The second-order valence-corrected chi connectivity index (χ2v) is 9.82. The van der Waals surface area contributed by atoms with Crippen molar-refractivity contribution in [3.05, 3.63) is 59.4 Å². The first-order chi connectivity index (χ1) is 17.0. The van der Waals surface area contributed by atoms with Crippen LogP contribution in [-0.2, 0) is 6.42 Å². The number of fused-ring (bicyclic) bond motifs is 1. The van der Waals surface area contributed by atoms with Crippen LogP contribution >= 0.6 is 0 Å². The quantitative estimate of drug-likeness (QED) is 0.286. The van der Waals surface area contributed by atoms with Gasteiger partial charge in [0.1, 0.15) is 11.6 Å². The largest absolute Gasteiger partial charge is 0.508 e. The zero-order valence-corrected chi connectivity index (χ0v) is 20.7. The Morgan fingerprint density at radius 3 is 2.94 bits per heavy atom. The summed E-state index contributed by atoms with van der Waals surface area (Å²) >= 11 is 0. The van der Waals surface area contributed by atoms with Crippen molar-refractivity contribution in [1.82, 2.24) is 14.9 Å². The Morgan fingerprint density at radius 1 is 1.29 bits per heavy atom. The smallest absolute Gasteiger partial charge is 0.135 e. The van der Waals surface area contributed by atoms with Gasteiger partial charge >= 0.3 is 0 Å². The molecule has 1 unspecified atom stereocenters. The van der Waals surface area contributed by atoms with Gasteiger partial charge in [-0.05, 0) is 92.0 Å². The van der Waals surface area contributed by atoms with Gasteiger partial charge in [-0.3, -0.25) is 0 Å². The van der Waals surface area contributed by atoms with Crippen LogP contribution in [0.2, 0.25) is 0 Å². The SMILES string of the molecule is CCc1cc(O)ccc1/N=C(\N)c1cnn2cc(C3=CCCCC3C)cc2c1NC[C@H]1CCCN1. The number of benzene rings is 1. The number of nitrogens with one attached hydrogen (secondary N) is 2. The normalized spacial score (nSPS) is 20.9. The molecule has 2 aromatic heterocycles. The molecule has 5 N–H and O–H groups in total. The summed E-state index contributed by atoms with van der Waals surface area (Å²) in [5, 5.41) is 21.8. The minimum absolute atomic E-state index is 0.237. The Kier molecular flexibility index (Phi) is 6.77. The number of hydrogen-bond donors (Lipinski definition) is 4. The van der Waals surface area contributed by atoms with Gasteiger partial charge in [0.2, 0.25) is 0 Å². The summed E-state index contributed by atoms with van der Waals surface area (Å²) in [7, 11) is 0. The summed E-state index contributed by atoms with van der Waals surface area (Å²) in [6, 6.07) is 7.88. The van der Waals surface area contributed by atoms with E-state index in [1.54, 1.807) is 12.1 Å². The fourth-order valence-corrected chi connectivity index (χ4v) is 5.35. The Labute approximate surface area is 207 Å². The number of phenols is 1. The van der Waals surface area contributed by atoms with Crippen molar-refractivity contribution in [2.45, 2.75) is 58.4 Å². The van der Waals surface area contributed by atoms with Crippen LogP contribution in [0.5, 0.6) is 5.75 Å². The van der Waals surface area contributed by atoms with E-state index in [4.69, 9.17) is 15.8 Å². The number of aryl methyl sites for hydroxylation is 1. The molecule has 2 aliphatic rings. The van der Waals surface area contributed by atoms with Crippen LogP contribution in [0.25, 0.3) is 11.1 Å². The van der Waals surface area contributed by atoms with Crippen molar-refractivity contribution in [2.24, 2.45) is 16.6 Å². The highest BCUT2D eigenvalue weighted by atomic mass is 16.3. The highest BCUT2D eigenvalue weighted by Crippen LogP contribution is 2.35. The molecule has 3 heterocycles. The molecule has 1 aromatic carbocycles. The molecule has 184 valence electrons. The molecular weight excluding hydrogens is 436 g/mol. The van der Waals surface area contributed by atoms with Crippen LogP contribution in [0.3, 0.4) is 0 Å². The van der Waals surface area contributed by atoms with Gasteiger partial charge in [-0.15, -0.1) is 0 Å². The predicted molar refractivity (Wildman–Crippen MR) is 144 cm³/mol. The maximum atomic E-state index is 9.87. The molecule has 0 saturated carbocycles. The minimum Gasteiger partial charge on any atom is -0.508 e. The molecule has 3 aromatic rings. The second-order valence-electron chi connectivity index (χ2n) is 9.82. The molecule has 2 atom stereocenters. The first kappa shape index (κ1) is 23.4. The number of allylic oxidation sites excluding steroid dienone is 2. The highest BCUT2D eigenvalue weighted by molar-refractivity contribution is 6.06. The van der Waals surface area contributed by atoms with Crippen LogP contribution in [0.4, 0.5) is 11.4 Å². The third kappa shape index (κ3) is 4.91. The first-order valence-corrected chi connectivity index (χ1v) is 12.9. The molecular formula is C28H36N6O. The van der Waals surface area contributed by atoms with E-state index in [1.165, 1.54) is 30.4 Å². The molecule has 1 fully saturated rings. The van der Waals surface area contributed by atoms with E-state index < -0.39 is 0 Å². The van der Waals surface area contributed by atoms with E-state index in [-0.39, 0.29) is 5.75 Å². The van der Waals surface area contributed by atoms with Gasteiger partial charge in [-0.25, -0.2) is 9.51 Å². The zero-order chi connectivity index (χ0) is 24.4. The van der Waals surface area contributed by atoms with E-state index >= 15 is 0 Å². The lowest BCUT2D eigenvalue weighted by molar-refractivity contribution is 0.474. The Hall–Kier alpha value is -3.32. The van der Waals surface area contributed by atoms with Crippen molar-refractivity contribution in [3.63, 3.8) is 0 Å². The molecule has 5 rings (SSSR count). The van der Waals surface area contributed by atoms with E-state index in [0.29, 0.717) is 17.8 Å². The highest BCUT2D eigenvalue weighted by Gasteiger charge is 2.21. The van der Waals surface area contributed by atoms with Gasteiger partial charge in [0, 0.05) is 18.8 Å². The van der Waals surface area contributed by atoms with E-state index in [9.17, 15) is 5.11 Å². The van der Waals surface area contributed by atoms with Gasteiger partial charge < -0.3 is 21.5 Å². The summed E-state index contributed by atoms with van der Waals surface area (Å²) in [5.74, 6) is 1.20. The molecule has 7 heteroatoms. The van der Waals surface area contributed by atoms with E-state index in [0.717, 1.165) is 60.4 Å². The molecule has 7 nitrogen and oxygen atoms in total. The number of rotatable bonds is 7. The van der Waals surface area contributed by atoms with Crippen LogP contribution in [0.15, 0.2) is 47.7 Å². The summed E-state index contributed by atoms with van der Waals surface area (Å²) in [6.45, 7) is 6.24. The first-order valence-electron chi connectivity index (χ1n) is 12.9. The van der Waals surface area contributed by atoms with Gasteiger partial charge in [0.25, 0.3) is 0 Å². The maximum absolute atomic E-state index is 9.87. The predicted octanol–water partition coefficient (Wildman–Crippen LogP) is 5.01. The van der Waals surface area contributed by atoms with Crippen LogP contribution in [0.1, 0.15) is 62.6 Å². The molecule has 0 spiro atoms. The third-order valence-corrected chi connectivity index (χ3v) is 7.36. The molecule has 1 aliphatic carbocycles. The van der Waals surface area contributed by atoms with Crippen molar-refractivity contribution in [1.29, 1.82) is 0 Å². The van der Waals surface area contributed by atoms with Gasteiger partial charge in [0.15, 0.2) is 0 Å². The number of aromatic hydroxyl groups is 1. The fourth-order valence-electron chi connectivity index (χ4n) is 5.35. The van der Waals surface area contributed by atoms with Crippen LogP contribution < -0.4 is 16.4 Å². The molecule has 0 radical (unpaired) electrons. The lowest BCUT2D eigenvalue weighted by Gasteiger charge is -2.19. The third-order valence-electron chi connectivity index (χ3n) is 7.36. The Bertz CT molecular complexity index is 1270. The average Bonchev–Trinajstić information content (AvgIpc) is 3.53. The lowest BCUT2D eigenvalue weighted by atomic mass is 9.86. The Morgan fingerprint density at radius 2 is 2.17 bits per heavy atom. The lowest BCUT2D eigenvalue weighted by Crippen LogP contribution is -2.30. The number of phenolic OH excluding ortho intramolecular Hbond substituents is 1. The van der Waals surface area contributed by atoms with Crippen molar-refractivity contribution < 1.29 is 5.11 Å². The molecule has 0 amide bonds. The van der Waals surface area contributed by atoms with Crippen LogP contribution in [0, 0.1) is 5.92 Å². The molecule has 1 saturated heterocycles. The van der Waals surface area contributed by atoms with Crippen molar-refractivity contribution in [2.75, 3.05) is 18.4 Å². The van der Waals surface area contributed by atoms with Gasteiger partial charge in [0.05, 0.1) is 28.7 Å². The Balaban J connectivity index is 1.57. The molecule has 0 bridgehead atoms. The number of anilines is 1. The summed E-state index contributed by atoms with van der Waals surface area (Å²) in [5.41, 5.74) is 13.7. The average molecular weight is 473 g/mol. The van der Waals surface area contributed by atoms with Crippen molar-refractivity contribution in [3.8, 4) is 5.75 Å². The fraction of sp³-hybridized carbons (Fsp3) is 0.429. The number of nitrogens with two attached hydrogens (primary N) is 1. The molecule has 35 heavy (non-hydrogen) atoms.